The Balaban J connectivity index is 0.000000221. The maximum absolute atomic E-state index is 11.3. The van der Waals surface area contributed by atoms with Crippen molar-refractivity contribution in [2.45, 2.75) is 34.6 Å². The lowest BCUT2D eigenvalue weighted by Gasteiger charge is -2.02. The number of carbonyl (C=O) groups excluding carboxylic acids is 2. The Labute approximate surface area is 155 Å². The van der Waals surface area contributed by atoms with E-state index in [1.54, 1.807) is 24.3 Å². The summed E-state index contributed by atoms with van der Waals surface area (Å²) in [6, 6.07) is 15.1. The molecule has 138 valence electrons. The van der Waals surface area contributed by atoms with E-state index in [4.69, 9.17) is 0 Å². The van der Waals surface area contributed by atoms with Gasteiger partial charge in [0.1, 0.15) is 0 Å². The minimum absolute atomic E-state index is 0.212. The Bertz CT molecular complexity index is 830. The van der Waals surface area contributed by atoms with Gasteiger partial charge in [0, 0.05) is 24.1 Å². The van der Waals surface area contributed by atoms with Crippen LogP contribution in [0.25, 0.3) is 10.9 Å². The number of H-pyrrole nitrogens is 1. The van der Waals surface area contributed by atoms with Crippen LogP contribution in [0.1, 0.15) is 54.0 Å². The number of fused-ring (bicyclic) bond motifs is 2. The molecular weight excluding hydrogens is 324 g/mol. The lowest BCUT2D eigenvalue weighted by atomic mass is 10.1. The number of imide groups is 1. The summed E-state index contributed by atoms with van der Waals surface area (Å²) in [7, 11) is 1.49. The molecule has 3 aromatic rings. The highest BCUT2D eigenvalue weighted by Gasteiger charge is 2.31. The van der Waals surface area contributed by atoms with E-state index in [1.807, 2.05) is 40.0 Å². The molecule has 1 aliphatic heterocycles. The molecule has 1 aromatic heterocycles. The van der Waals surface area contributed by atoms with Gasteiger partial charge in [-0.25, -0.2) is 0 Å². The number of aromatic nitrogens is 1. The normalized spacial score (nSPS) is 11.5. The molecule has 1 aliphatic rings. The average Bonchev–Trinajstić information content (AvgIpc) is 3.20. The van der Waals surface area contributed by atoms with Crippen LogP contribution in [0.5, 0.6) is 0 Å². The van der Waals surface area contributed by atoms with Crippen molar-refractivity contribution in [2.75, 3.05) is 7.05 Å². The second-order valence-corrected chi connectivity index (χ2v) is 5.23. The Morgan fingerprint density at radius 3 is 1.73 bits per heavy atom. The third-order valence-corrected chi connectivity index (χ3v) is 3.79. The zero-order chi connectivity index (χ0) is 19.7. The van der Waals surface area contributed by atoms with Crippen molar-refractivity contribution < 1.29 is 9.59 Å². The van der Waals surface area contributed by atoms with E-state index < -0.39 is 0 Å². The van der Waals surface area contributed by atoms with Crippen LogP contribution in [0.15, 0.2) is 54.7 Å². The van der Waals surface area contributed by atoms with Crippen molar-refractivity contribution >= 4 is 22.7 Å². The maximum atomic E-state index is 11.3. The number of nitrogens with one attached hydrogen (secondary N) is 1. The second kappa shape index (κ2) is 10.2. The minimum atomic E-state index is -0.212. The molecule has 0 atom stereocenters. The summed E-state index contributed by atoms with van der Waals surface area (Å²) >= 11 is 0. The summed E-state index contributed by atoms with van der Waals surface area (Å²) in [5.41, 5.74) is 3.55. The standard InChI is InChI=1S/C9H7NO2.C9H9N.2C2H6/c1-10-8(11)6-4-2-3-5-7(6)9(10)12;1-7-6-10-9-5-3-2-4-8(7)9;2*1-2/h2-5H,1H3;2-6,10H,1H3;2*1-2H3. The largest absolute Gasteiger partial charge is 0.361 e. The van der Waals surface area contributed by atoms with Crippen molar-refractivity contribution in [2.24, 2.45) is 0 Å². The second-order valence-electron chi connectivity index (χ2n) is 5.23. The van der Waals surface area contributed by atoms with Gasteiger partial charge >= 0.3 is 0 Å². The molecule has 0 fully saturated rings. The van der Waals surface area contributed by atoms with Crippen molar-refractivity contribution in [3.05, 3.63) is 71.4 Å². The molecule has 0 saturated carbocycles. The van der Waals surface area contributed by atoms with Crippen LogP contribution in [0.2, 0.25) is 0 Å². The third-order valence-electron chi connectivity index (χ3n) is 3.79. The van der Waals surface area contributed by atoms with E-state index in [1.165, 1.54) is 23.5 Å². The van der Waals surface area contributed by atoms with Crippen molar-refractivity contribution in [1.82, 2.24) is 9.88 Å². The number of hydrogen-bond acceptors (Lipinski definition) is 2. The SMILES string of the molecule is CC.CC.CN1C(=O)c2ccccc2C1=O.Cc1c[nH]c2ccccc12. The summed E-state index contributed by atoms with van der Waals surface area (Å²) in [5.74, 6) is -0.425. The highest BCUT2D eigenvalue weighted by atomic mass is 16.2. The van der Waals surface area contributed by atoms with E-state index in [0.717, 1.165) is 4.90 Å². The molecule has 4 nitrogen and oxygen atoms in total. The van der Waals surface area contributed by atoms with Crippen LogP contribution in [0, 0.1) is 6.92 Å². The Kier molecular flexibility index (Phi) is 8.29. The molecule has 0 aliphatic carbocycles. The fourth-order valence-electron chi connectivity index (χ4n) is 2.53. The lowest BCUT2D eigenvalue weighted by molar-refractivity contribution is 0.0693. The summed E-state index contributed by atoms with van der Waals surface area (Å²) in [5, 5.41) is 1.32. The molecule has 2 heterocycles. The average molecular weight is 352 g/mol. The van der Waals surface area contributed by atoms with Crippen molar-refractivity contribution in [1.29, 1.82) is 0 Å². The molecule has 0 bridgehead atoms. The van der Waals surface area contributed by atoms with Crippen molar-refractivity contribution in [3.63, 3.8) is 0 Å². The third kappa shape index (κ3) is 4.39. The van der Waals surface area contributed by atoms with E-state index in [0.29, 0.717) is 11.1 Å². The number of nitrogens with zero attached hydrogens (tertiary/aromatic N) is 1. The molecule has 0 spiro atoms. The number of hydrogen-bond donors (Lipinski definition) is 1. The summed E-state index contributed by atoms with van der Waals surface area (Å²) < 4.78 is 0. The van der Waals surface area contributed by atoms with Gasteiger partial charge in [-0.1, -0.05) is 58.0 Å². The van der Waals surface area contributed by atoms with E-state index in [9.17, 15) is 9.59 Å². The van der Waals surface area contributed by atoms with Gasteiger partial charge in [0.25, 0.3) is 11.8 Å². The van der Waals surface area contributed by atoms with E-state index in [2.05, 4.69) is 30.1 Å². The van der Waals surface area contributed by atoms with Crippen LogP contribution in [-0.2, 0) is 0 Å². The van der Waals surface area contributed by atoms with Crippen LogP contribution in [0.3, 0.4) is 0 Å². The van der Waals surface area contributed by atoms with Crippen LogP contribution in [0.4, 0.5) is 0 Å². The lowest BCUT2D eigenvalue weighted by Crippen LogP contribution is -2.24. The first-order valence-electron chi connectivity index (χ1n) is 9.03. The molecule has 4 heteroatoms. The maximum Gasteiger partial charge on any atom is 0.261 e. The summed E-state index contributed by atoms with van der Waals surface area (Å²) in [6.45, 7) is 10.1. The zero-order valence-corrected chi connectivity index (χ0v) is 16.5. The number of rotatable bonds is 0. The number of amides is 2. The van der Waals surface area contributed by atoms with Gasteiger partial charge in [-0.3, -0.25) is 14.5 Å². The van der Waals surface area contributed by atoms with Crippen LogP contribution >= 0.6 is 0 Å². The van der Waals surface area contributed by atoms with Gasteiger partial charge in [0.15, 0.2) is 0 Å². The monoisotopic (exact) mass is 352 g/mol. The fourth-order valence-corrected chi connectivity index (χ4v) is 2.53. The number of aryl methyl sites for hydroxylation is 1. The van der Waals surface area contributed by atoms with Gasteiger partial charge in [0.2, 0.25) is 0 Å². The van der Waals surface area contributed by atoms with Gasteiger partial charge in [0.05, 0.1) is 11.1 Å². The first-order chi connectivity index (χ1) is 12.6. The van der Waals surface area contributed by atoms with Gasteiger partial charge in [-0.05, 0) is 30.7 Å². The molecule has 26 heavy (non-hydrogen) atoms. The van der Waals surface area contributed by atoms with Gasteiger partial charge < -0.3 is 4.98 Å². The fraction of sp³-hybridized carbons (Fsp3) is 0.273. The first kappa shape index (κ1) is 21.2. The Hall–Kier alpha value is -2.88. The number of benzene rings is 2. The number of para-hydroxylation sites is 1. The molecular formula is C22H28N2O2. The highest BCUT2D eigenvalue weighted by Crippen LogP contribution is 2.20. The highest BCUT2D eigenvalue weighted by molar-refractivity contribution is 6.21. The smallest absolute Gasteiger partial charge is 0.261 e. The molecule has 0 radical (unpaired) electrons. The summed E-state index contributed by atoms with van der Waals surface area (Å²) in [6.07, 6.45) is 2.03. The summed E-state index contributed by atoms with van der Waals surface area (Å²) in [4.78, 5) is 26.9. The Morgan fingerprint density at radius 1 is 0.769 bits per heavy atom. The van der Waals surface area contributed by atoms with E-state index >= 15 is 0 Å². The zero-order valence-electron chi connectivity index (χ0n) is 16.5. The minimum Gasteiger partial charge on any atom is -0.361 e. The van der Waals surface area contributed by atoms with Crippen molar-refractivity contribution in [3.8, 4) is 0 Å². The predicted molar refractivity (Wildman–Crippen MR) is 109 cm³/mol. The molecule has 0 saturated heterocycles. The number of carbonyl (C=O) groups is 2. The van der Waals surface area contributed by atoms with E-state index in [-0.39, 0.29) is 11.8 Å². The van der Waals surface area contributed by atoms with Crippen LogP contribution < -0.4 is 0 Å². The van der Waals surface area contributed by atoms with Gasteiger partial charge in [-0.15, -0.1) is 0 Å². The molecule has 4 rings (SSSR count). The predicted octanol–water partition coefficient (Wildman–Crippen LogP) is 5.44. The molecule has 2 amide bonds. The number of aromatic amines is 1. The molecule has 2 aromatic carbocycles. The molecule has 1 N–H and O–H groups in total. The first-order valence-corrected chi connectivity index (χ1v) is 9.03. The Morgan fingerprint density at radius 2 is 1.23 bits per heavy atom. The quantitative estimate of drug-likeness (QED) is 0.548. The van der Waals surface area contributed by atoms with Gasteiger partial charge in [-0.2, -0.15) is 0 Å². The molecule has 0 unspecified atom stereocenters. The topological polar surface area (TPSA) is 53.2 Å². The van der Waals surface area contributed by atoms with Crippen LogP contribution in [-0.4, -0.2) is 28.7 Å².